The van der Waals surface area contributed by atoms with Crippen LogP contribution in [0.2, 0.25) is 4.82 Å². The number of rotatable bonds is 2. The first-order chi connectivity index (χ1) is 8.81. The summed E-state index contributed by atoms with van der Waals surface area (Å²) in [6, 6.07) is 10.8. The van der Waals surface area contributed by atoms with E-state index < -0.39 is 0 Å². The Bertz CT molecular complexity index is 445. The van der Waals surface area contributed by atoms with E-state index in [1.165, 1.54) is 36.6 Å². The summed E-state index contributed by atoms with van der Waals surface area (Å²) in [7, 11) is 0. The van der Waals surface area contributed by atoms with Gasteiger partial charge in [-0.05, 0) is 0 Å². The molecule has 2 nitrogen and oxygen atoms in total. The summed E-state index contributed by atoms with van der Waals surface area (Å²) in [6.45, 7) is 0. The molecule has 1 spiro atoms. The summed E-state index contributed by atoms with van der Waals surface area (Å²) in [5.74, 6) is 0. The van der Waals surface area contributed by atoms with Crippen molar-refractivity contribution in [2.75, 3.05) is 0 Å². The third-order valence-electron chi connectivity index (χ3n) is 4.27. The first kappa shape index (κ1) is 12.3. The van der Waals surface area contributed by atoms with Gasteiger partial charge in [0.05, 0.1) is 0 Å². The molecule has 1 aliphatic carbocycles. The Morgan fingerprint density at radius 1 is 1.17 bits per heavy atom. The number of hydroxylamine groups is 1. The Labute approximate surface area is 115 Å². The van der Waals surface area contributed by atoms with Crippen LogP contribution >= 0.6 is 0 Å². The van der Waals surface area contributed by atoms with Crippen LogP contribution in [0.15, 0.2) is 30.3 Å². The number of benzene rings is 1. The van der Waals surface area contributed by atoms with Gasteiger partial charge in [0, 0.05) is 0 Å². The summed E-state index contributed by atoms with van der Waals surface area (Å²) in [5, 5.41) is 10.3. The van der Waals surface area contributed by atoms with E-state index >= 15 is 0 Å². The van der Waals surface area contributed by atoms with E-state index in [0.29, 0.717) is 19.8 Å². The standard InChI is InChI=1S/C15H20NOSe/c17-16-12-5-4-10-15(16)11-6-9-14(15)18-13-7-2-1-3-8-13/h1-3,7-8,12,14,17H,4-6,9-11H2/q+1. The van der Waals surface area contributed by atoms with Crippen LogP contribution in [0.25, 0.3) is 0 Å². The molecule has 1 fully saturated rings. The van der Waals surface area contributed by atoms with E-state index in [-0.39, 0.29) is 5.54 Å². The molecular formula is C15H20NOSe+. The van der Waals surface area contributed by atoms with Crippen LogP contribution in [0.1, 0.15) is 38.5 Å². The monoisotopic (exact) mass is 310 g/mol. The van der Waals surface area contributed by atoms with E-state index in [0.717, 1.165) is 6.42 Å². The van der Waals surface area contributed by atoms with Gasteiger partial charge >= 0.3 is 115 Å². The van der Waals surface area contributed by atoms with Crippen molar-refractivity contribution in [2.45, 2.75) is 48.9 Å². The van der Waals surface area contributed by atoms with E-state index in [4.69, 9.17) is 0 Å². The molecule has 0 radical (unpaired) electrons. The molecule has 3 rings (SSSR count). The maximum atomic E-state index is 10.3. The molecule has 2 unspecified atom stereocenters. The molecule has 18 heavy (non-hydrogen) atoms. The molecule has 1 N–H and O–H groups in total. The Balaban J connectivity index is 1.83. The van der Waals surface area contributed by atoms with Crippen LogP contribution in [0, 0.1) is 0 Å². The zero-order valence-corrected chi connectivity index (χ0v) is 12.3. The molecule has 3 heteroatoms. The molecule has 2 aliphatic rings. The summed E-state index contributed by atoms with van der Waals surface area (Å²) < 4.78 is 3.05. The fourth-order valence-corrected chi connectivity index (χ4v) is 6.45. The quantitative estimate of drug-likeness (QED) is 0.506. The SMILES string of the molecule is O[N+]1=CCCCC12CCCC2[Se]c1ccccc1. The molecular weight excluding hydrogens is 289 g/mol. The third kappa shape index (κ3) is 2.10. The average molecular weight is 309 g/mol. The minimum atomic E-state index is 0.0636. The van der Waals surface area contributed by atoms with Crippen LogP contribution in [0.5, 0.6) is 0 Å². The molecule has 2 atom stereocenters. The van der Waals surface area contributed by atoms with Gasteiger partial charge in [0.15, 0.2) is 0 Å². The van der Waals surface area contributed by atoms with Gasteiger partial charge in [-0.1, -0.05) is 0 Å². The van der Waals surface area contributed by atoms with Crippen molar-refractivity contribution in [1.29, 1.82) is 0 Å². The molecule has 0 saturated heterocycles. The maximum absolute atomic E-state index is 10.3. The molecule has 96 valence electrons. The predicted molar refractivity (Wildman–Crippen MR) is 74.1 cm³/mol. The average Bonchev–Trinajstić information content (AvgIpc) is 2.79. The Morgan fingerprint density at radius 2 is 1.94 bits per heavy atom. The zero-order valence-electron chi connectivity index (χ0n) is 10.6. The Morgan fingerprint density at radius 3 is 2.72 bits per heavy atom. The summed E-state index contributed by atoms with van der Waals surface area (Å²) in [6.07, 6.45) is 9.15. The first-order valence-corrected chi connectivity index (χ1v) is 8.69. The van der Waals surface area contributed by atoms with Crippen LogP contribution < -0.4 is 4.46 Å². The van der Waals surface area contributed by atoms with Gasteiger partial charge in [0.2, 0.25) is 0 Å². The van der Waals surface area contributed by atoms with Crippen molar-refractivity contribution in [3.05, 3.63) is 30.3 Å². The van der Waals surface area contributed by atoms with Crippen molar-refractivity contribution < 1.29 is 9.95 Å². The normalized spacial score (nSPS) is 31.6. The minimum absolute atomic E-state index is 0.0636. The predicted octanol–water partition coefficient (Wildman–Crippen LogP) is 2.38. The number of nitrogens with zero attached hydrogens (tertiary/aromatic N) is 1. The number of hydrogen-bond donors (Lipinski definition) is 1. The molecule has 1 aliphatic heterocycles. The second kappa shape index (κ2) is 5.06. The summed E-state index contributed by atoms with van der Waals surface area (Å²) in [4.78, 5) is 0.661. The molecule has 1 heterocycles. The van der Waals surface area contributed by atoms with Crippen molar-refractivity contribution >= 4 is 25.6 Å². The fourth-order valence-electron chi connectivity index (χ4n) is 3.32. The topological polar surface area (TPSA) is 23.2 Å². The molecule has 1 aromatic carbocycles. The van der Waals surface area contributed by atoms with Gasteiger partial charge in [-0.15, -0.1) is 0 Å². The molecule has 0 aromatic heterocycles. The zero-order chi connectivity index (χ0) is 12.4. The Hall–Kier alpha value is -0.791. The first-order valence-electron chi connectivity index (χ1n) is 6.84. The summed E-state index contributed by atoms with van der Waals surface area (Å²) in [5.41, 5.74) is 0.0636. The van der Waals surface area contributed by atoms with Crippen LogP contribution in [0.4, 0.5) is 0 Å². The van der Waals surface area contributed by atoms with E-state index in [2.05, 4.69) is 30.3 Å². The van der Waals surface area contributed by atoms with E-state index in [1.807, 2.05) is 6.21 Å². The van der Waals surface area contributed by atoms with Crippen molar-refractivity contribution in [3.63, 3.8) is 0 Å². The van der Waals surface area contributed by atoms with Gasteiger partial charge in [0.25, 0.3) is 0 Å². The summed E-state index contributed by atoms with van der Waals surface area (Å²) >= 11 is 0.476. The van der Waals surface area contributed by atoms with Crippen LogP contribution in [-0.4, -0.2) is 36.7 Å². The van der Waals surface area contributed by atoms with E-state index in [9.17, 15) is 5.21 Å². The van der Waals surface area contributed by atoms with Gasteiger partial charge < -0.3 is 0 Å². The van der Waals surface area contributed by atoms with Crippen LogP contribution in [-0.2, 0) is 0 Å². The second-order valence-corrected chi connectivity index (χ2v) is 8.01. The molecule has 1 aromatic rings. The van der Waals surface area contributed by atoms with Crippen molar-refractivity contribution in [1.82, 2.24) is 0 Å². The fraction of sp³-hybridized carbons (Fsp3) is 0.533. The number of hydrogen-bond acceptors (Lipinski definition) is 1. The molecule has 0 amide bonds. The molecule has 1 saturated carbocycles. The Kier molecular flexibility index (Phi) is 3.45. The van der Waals surface area contributed by atoms with Crippen molar-refractivity contribution in [2.24, 2.45) is 0 Å². The van der Waals surface area contributed by atoms with Crippen LogP contribution in [0.3, 0.4) is 0 Å². The van der Waals surface area contributed by atoms with E-state index in [1.54, 1.807) is 4.74 Å². The van der Waals surface area contributed by atoms with Gasteiger partial charge in [0.1, 0.15) is 0 Å². The third-order valence-corrected chi connectivity index (χ3v) is 7.42. The van der Waals surface area contributed by atoms with Gasteiger partial charge in [-0.2, -0.15) is 0 Å². The van der Waals surface area contributed by atoms with Gasteiger partial charge in [-0.25, -0.2) is 0 Å². The van der Waals surface area contributed by atoms with Gasteiger partial charge in [-0.3, -0.25) is 0 Å². The van der Waals surface area contributed by atoms with Crippen molar-refractivity contribution in [3.8, 4) is 0 Å². The molecule has 0 bridgehead atoms. The second-order valence-electron chi connectivity index (χ2n) is 5.33.